The van der Waals surface area contributed by atoms with E-state index in [9.17, 15) is 9.59 Å². The van der Waals surface area contributed by atoms with Crippen molar-refractivity contribution in [1.82, 2.24) is 15.6 Å². The third kappa shape index (κ3) is 5.92. The summed E-state index contributed by atoms with van der Waals surface area (Å²) in [4.78, 5) is 28.4. The van der Waals surface area contributed by atoms with E-state index in [-0.39, 0.29) is 11.8 Å². The SMILES string of the molecule is O=C(/C=C/c1ccc(C(=O)NC2CC2)cc1)NCCCOc1cccc2cccnc12. The number of hydrogen-bond acceptors (Lipinski definition) is 4. The Labute approximate surface area is 181 Å². The summed E-state index contributed by atoms with van der Waals surface area (Å²) in [6, 6.07) is 17.3. The molecule has 31 heavy (non-hydrogen) atoms. The van der Waals surface area contributed by atoms with E-state index in [0.717, 1.165) is 35.1 Å². The van der Waals surface area contributed by atoms with Gasteiger partial charge in [0, 0.05) is 35.8 Å². The van der Waals surface area contributed by atoms with Gasteiger partial charge in [-0.05, 0) is 55.2 Å². The molecule has 1 aromatic heterocycles. The van der Waals surface area contributed by atoms with E-state index in [2.05, 4.69) is 15.6 Å². The van der Waals surface area contributed by atoms with Crippen molar-refractivity contribution in [3.8, 4) is 5.75 Å². The Bertz CT molecular complexity index is 1080. The van der Waals surface area contributed by atoms with Gasteiger partial charge < -0.3 is 15.4 Å². The van der Waals surface area contributed by atoms with Gasteiger partial charge in [0.1, 0.15) is 11.3 Å². The Hall–Kier alpha value is -3.67. The van der Waals surface area contributed by atoms with Crippen LogP contribution in [0.1, 0.15) is 35.2 Å². The number of carbonyl (C=O) groups is 2. The molecular formula is C25H25N3O3. The molecule has 2 amide bonds. The number of carbonyl (C=O) groups excluding carboxylic acids is 2. The van der Waals surface area contributed by atoms with Crippen molar-refractivity contribution in [3.05, 3.63) is 78.0 Å². The normalized spacial score (nSPS) is 13.3. The molecule has 1 aliphatic carbocycles. The molecule has 0 saturated heterocycles. The molecule has 1 fully saturated rings. The maximum absolute atomic E-state index is 12.0. The van der Waals surface area contributed by atoms with Gasteiger partial charge in [0.25, 0.3) is 5.91 Å². The summed E-state index contributed by atoms with van der Waals surface area (Å²) in [6.45, 7) is 1.01. The standard InChI is InChI=1S/C25H25N3O3/c29-23(14-9-18-7-10-20(11-8-18)25(30)28-21-12-13-21)26-16-3-17-31-22-6-1-4-19-5-2-15-27-24(19)22/h1-2,4-11,14-15,21H,3,12-13,16-17H2,(H,26,29)(H,28,30)/b14-9+. The summed E-state index contributed by atoms with van der Waals surface area (Å²) < 4.78 is 5.82. The first-order valence-corrected chi connectivity index (χ1v) is 10.5. The van der Waals surface area contributed by atoms with Crippen molar-refractivity contribution in [2.75, 3.05) is 13.2 Å². The van der Waals surface area contributed by atoms with Crippen molar-refractivity contribution in [2.24, 2.45) is 0 Å². The van der Waals surface area contributed by atoms with Crippen LogP contribution in [0.2, 0.25) is 0 Å². The second-order valence-corrected chi connectivity index (χ2v) is 7.53. The highest BCUT2D eigenvalue weighted by Gasteiger charge is 2.23. The van der Waals surface area contributed by atoms with Gasteiger partial charge in [-0.15, -0.1) is 0 Å². The molecule has 1 heterocycles. The number of hydrogen-bond donors (Lipinski definition) is 2. The minimum absolute atomic E-state index is 0.0442. The monoisotopic (exact) mass is 415 g/mol. The van der Waals surface area contributed by atoms with Crippen molar-refractivity contribution >= 4 is 28.8 Å². The molecule has 3 aromatic rings. The summed E-state index contributed by atoms with van der Waals surface area (Å²) in [6.07, 6.45) is 7.79. The molecule has 0 spiro atoms. The van der Waals surface area contributed by atoms with Crippen LogP contribution in [-0.2, 0) is 4.79 Å². The lowest BCUT2D eigenvalue weighted by atomic mass is 10.1. The van der Waals surface area contributed by atoms with Gasteiger partial charge in [0.2, 0.25) is 5.91 Å². The molecule has 0 atom stereocenters. The lowest BCUT2D eigenvalue weighted by Gasteiger charge is -2.08. The average Bonchev–Trinajstić information content (AvgIpc) is 3.62. The van der Waals surface area contributed by atoms with Gasteiger partial charge in [0.15, 0.2) is 0 Å². The summed E-state index contributed by atoms with van der Waals surface area (Å²) in [5, 5.41) is 6.84. The maximum Gasteiger partial charge on any atom is 0.251 e. The lowest BCUT2D eigenvalue weighted by molar-refractivity contribution is -0.116. The fraction of sp³-hybridized carbons (Fsp3) is 0.240. The summed E-state index contributed by atoms with van der Waals surface area (Å²) >= 11 is 0. The molecule has 0 radical (unpaired) electrons. The third-order valence-electron chi connectivity index (χ3n) is 4.99. The number of benzene rings is 2. The number of para-hydroxylation sites is 1. The molecule has 158 valence electrons. The lowest BCUT2D eigenvalue weighted by Crippen LogP contribution is -2.25. The molecule has 0 bridgehead atoms. The summed E-state index contributed by atoms with van der Waals surface area (Å²) in [5.74, 6) is 0.540. The first-order valence-electron chi connectivity index (χ1n) is 10.5. The molecule has 2 N–H and O–H groups in total. The fourth-order valence-electron chi connectivity index (χ4n) is 3.13. The predicted molar refractivity (Wildman–Crippen MR) is 121 cm³/mol. The summed E-state index contributed by atoms with van der Waals surface area (Å²) in [7, 11) is 0. The molecular weight excluding hydrogens is 390 g/mol. The van der Waals surface area contributed by atoms with E-state index in [0.29, 0.717) is 31.2 Å². The van der Waals surface area contributed by atoms with Crippen molar-refractivity contribution < 1.29 is 14.3 Å². The molecule has 6 nitrogen and oxygen atoms in total. The Balaban J connectivity index is 1.18. The Kier molecular flexibility index (Phi) is 6.57. The number of aromatic nitrogens is 1. The van der Waals surface area contributed by atoms with Crippen LogP contribution >= 0.6 is 0 Å². The van der Waals surface area contributed by atoms with E-state index in [1.165, 1.54) is 6.08 Å². The topological polar surface area (TPSA) is 80.3 Å². The van der Waals surface area contributed by atoms with Crippen LogP contribution in [0.15, 0.2) is 66.9 Å². The van der Waals surface area contributed by atoms with E-state index >= 15 is 0 Å². The molecule has 0 aliphatic heterocycles. The molecule has 6 heteroatoms. The molecule has 0 unspecified atom stereocenters. The number of rotatable bonds is 9. The maximum atomic E-state index is 12.0. The predicted octanol–water partition coefficient (Wildman–Crippen LogP) is 3.73. The van der Waals surface area contributed by atoms with Crippen LogP contribution in [0, 0.1) is 0 Å². The smallest absolute Gasteiger partial charge is 0.251 e. The Morgan fingerprint density at radius 3 is 2.68 bits per heavy atom. The van der Waals surface area contributed by atoms with Crippen molar-refractivity contribution in [2.45, 2.75) is 25.3 Å². The van der Waals surface area contributed by atoms with Crippen LogP contribution in [0.5, 0.6) is 5.75 Å². The highest BCUT2D eigenvalue weighted by atomic mass is 16.5. The van der Waals surface area contributed by atoms with Crippen molar-refractivity contribution in [1.29, 1.82) is 0 Å². The highest BCUT2D eigenvalue weighted by Crippen LogP contribution is 2.23. The fourth-order valence-corrected chi connectivity index (χ4v) is 3.13. The van der Waals surface area contributed by atoms with Gasteiger partial charge in [0.05, 0.1) is 6.61 Å². The number of nitrogens with zero attached hydrogens (tertiary/aromatic N) is 1. The summed E-state index contributed by atoms with van der Waals surface area (Å²) in [5.41, 5.74) is 2.34. The van der Waals surface area contributed by atoms with Gasteiger partial charge in [-0.1, -0.05) is 30.3 Å². The zero-order valence-electron chi connectivity index (χ0n) is 17.2. The zero-order valence-corrected chi connectivity index (χ0v) is 17.2. The van der Waals surface area contributed by atoms with E-state index < -0.39 is 0 Å². The molecule has 1 saturated carbocycles. The largest absolute Gasteiger partial charge is 0.491 e. The van der Waals surface area contributed by atoms with Crippen LogP contribution in [0.25, 0.3) is 17.0 Å². The second kappa shape index (κ2) is 9.89. The minimum Gasteiger partial charge on any atom is -0.491 e. The first kappa shape index (κ1) is 20.6. The van der Waals surface area contributed by atoms with Gasteiger partial charge in [-0.2, -0.15) is 0 Å². The van der Waals surface area contributed by atoms with Crippen LogP contribution in [0.3, 0.4) is 0 Å². The van der Waals surface area contributed by atoms with Crippen molar-refractivity contribution in [3.63, 3.8) is 0 Å². The van der Waals surface area contributed by atoms with E-state index in [1.807, 2.05) is 42.5 Å². The minimum atomic E-state index is -0.164. The van der Waals surface area contributed by atoms with Gasteiger partial charge >= 0.3 is 0 Å². The molecule has 2 aromatic carbocycles. The van der Waals surface area contributed by atoms with E-state index in [4.69, 9.17) is 4.74 Å². The van der Waals surface area contributed by atoms with Gasteiger partial charge in [-0.25, -0.2) is 0 Å². The number of ether oxygens (including phenoxy) is 1. The molecule has 1 aliphatic rings. The number of fused-ring (bicyclic) bond motifs is 1. The average molecular weight is 415 g/mol. The number of amides is 2. The van der Waals surface area contributed by atoms with Gasteiger partial charge in [-0.3, -0.25) is 14.6 Å². The van der Waals surface area contributed by atoms with Crippen LogP contribution < -0.4 is 15.4 Å². The quantitative estimate of drug-likeness (QED) is 0.412. The number of pyridine rings is 1. The zero-order chi connectivity index (χ0) is 21.5. The van der Waals surface area contributed by atoms with Crippen LogP contribution in [0.4, 0.5) is 0 Å². The number of nitrogens with one attached hydrogen (secondary N) is 2. The molecule has 4 rings (SSSR count). The first-order chi connectivity index (χ1) is 15.2. The second-order valence-electron chi connectivity index (χ2n) is 7.53. The van der Waals surface area contributed by atoms with Crippen LogP contribution in [-0.4, -0.2) is 36.0 Å². The van der Waals surface area contributed by atoms with E-state index in [1.54, 1.807) is 24.4 Å². The Morgan fingerprint density at radius 1 is 1.06 bits per heavy atom. The third-order valence-corrected chi connectivity index (χ3v) is 4.99. The Morgan fingerprint density at radius 2 is 1.87 bits per heavy atom. The highest BCUT2D eigenvalue weighted by molar-refractivity contribution is 5.95.